The van der Waals surface area contributed by atoms with Gasteiger partial charge in [-0.05, 0) is 13.3 Å². The molecule has 0 fully saturated rings. The van der Waals surface area contributed by atoms with Gasteiger partial charge in [-0.1, -0.05) is 6.92 Å². The molecule has 1 rings (SSSR count). The number of hydrogen-bond acceptors (Lipinski definition) is 3. The topological polar surface area (TPSA) is 70.0 Å². The molecule has 0 aromatic heterocycles. The number of rotatable bonds is 3. The van der Waals surface area contributed by atoms with Gasteiger partial charge in [0.1, 0.15) is 6.54 Å². The number of carbonyl (C=O) groups excluding carboxylic acids is 1. The average molecular weight is 184 g/mol. The third-order valence-corrected chi connectivity index (χ3v) is 2.03. The quantitative estimate of drug-likeness (QED) is 0.686. The van der Waals surface area contributed by atoms with Crippen molar-refractivity contribution in [3.8, 4) is 0 Å². The molecule has 0 bridgehead atoms. The number of carboxylic acid groups (broad SMARTS) is 1. The van der Waals surface area contributed by atoms with Crippen LogP contribution in [-0.2, 0) is 9.59 Å². The summed E-state index contributed by atoms with van der Waals surface area (Å²) in [5.74, 6) is -1.47. The van der Waals surface area contributed by atoms with E-state index >= 15 is 0 Å². The number of carboxylic acids is 1. The lowest BCUT2D eigenvalue weighted by Gasteiger charge is -2.09. The van der Waals surface area contributed by atoms with Crippen molar-refractivity contribution in [3.63, 3.8) is 0 Å². The van der Waals surface area contributed by atoms with Gasteiger partial charge in [0.15, 0.2) is 0 Å². The Kier molecular flexibility index (Phi) is 2.65. The molecule has 0 saturated heterocycles. The Morgan fingerprint density at radius 3 is 2.69 bits per heavy atom. The molecule has 0 aromatic rings. The van der Waals surface area contributed by atoms with Crippen molar-refractivity contribution in [3.05, 3.63) is 0 Å². The molecule has 0 saturated carbocycles. The summed E-state index contributed by atoms with van der Waals surface area (Å²) in [6.07, 6.45) is 0.671. The van der Waals surface area contributed by atoms with Crippen molar-refractivity contribution in [1.82, 2.24) is 5.01 Å². The van der Waals surface area contributed by atoms with E-state index < -0.39 is 5.97 Å². The minimum absolute atomic E-state index is 0.206. The normalized spacial score (nSPS) is 22.0. The van der Waals surface area contributed by atoms with Gasteiger partial charge in [-0.15, -0.1) is 0 Å². The van der Waals surface area contributed by atoms with Gasteiger partial charge in [-0.3, -0.25) is 9.59 Å². The molecule has 5 nitrogen and oxygen atoms in total. The van der Waals surface area contributed by atoms with Crippen LogP contribution in [0.3, 0.4) is 0 Å². The first-order valence-corrected chi connectivity index (χ1v) is 4.14. The molecular weight excluding hydrogens is 172 g/mol. The van der Waals surface area contributed by atoms with E-state index in [1.807, 2.05) is 6.92 Å². The van der Waals surface area contributed by atoms with Crippen LogP contribution < -0.4 is 0 Å². The summed E-state index contributed by atoms with van der Waals surface area (Å²) in [6.45, 7) is 3.28. The Morgan fingerprint density at radius 1 is 1.69 bits per heavy atom. The zero-order chi connectivity index (χ0) is 10.0. The number of hydrogen-bond donors (Lipinski definition) is 1. The molecule has 1 amide bonds. The summed E-state index contributed by atoms with van der Waals surface area (Å²) in [5, 5.41) is 13.4. The second-order valence-electron chi connectivity index (χ2n) is 2.99. The fourth-order valence-corrected chi connectivity index (χ4v) is 1.38. The average Bonchev–Trinajstić information content (AvgIpc) is 2.26. The smallest absolute Gasteiger partial charge is 0.325 e. The first kappa shape index (κ1) is 9.70. The molecule has 0 aromatic carbocycles. The van der Waals surface area contributed by atoms with Gasteiger partial charge in [0, 0.05) is 5.71 Å². The molecule has 0 radical (unpaired) electrons. The van der Waals surface area contributed by atoms with Crippen LogP contribution in [0.4, 0.5) is 0 Å². The number of hydrazone groups is 1. The van der Waals surface area contributed by atoms with E-state index in [-0.39, 0.29) is 18.4 Å². The summed E-state index contributed by atoms with van der Waals surface area (Å²) in [4.78, 5) is 21.8. The zero-order valence-electron chi connectivity index (χ0n) is 7.65. The zero-order valence-corrected chi connectivity index (χ0v) is 7.65. The van der Waals surface area contributed by atoms with Crippen LogP contribution in [0.2, 0.25) is 0 Å². The highest BCUT2D eigenvalue weighted by atomic mass is 16.4. The standard InChI is InChI=1S/C8H12N2O3/c1-3-6-5(2)9-10(8(6)13)4-7(11)12/h6H,3-4H2,1-2H3,(H,11,12). The minimum atomic E-state index is -1.04. The first-order chi connectivity index (χ1) is 6.06. The first-order valence-electron chi connectivity index (χ1n) is 4.14. The molecule has 1 heterocycles. The predicted molar refractivity (Wildman–Crippen MR) is 46.2 cm³/mol. The van der Waals surface area contributed by atoms with Crippen molar-refractivity contribution >= 4 is 17.6 Å². The van der Waals surface area contributed by atoms with Gasteiger partial charge < -0.3 is 5.11 Å². The van der Waals surface area contributed by atoms with E-state index in [0.29, 0.717) is 12.1 Å². The van der Waals surface area contributed by atoms with Gasteiger partial charge >= 0.3 is 5.97 Å². The molecule has 13 heavy (non-hydrogen) atoms. The van der Waals surface area contributed by atoms with Gasteiger partial charge in [0.05, 0.1) is 5.92 Å². The SMILES string of the molecule is CCC1C(=O)N(CC(=O)O)N=C1C. The summed E-state index contributed by atoms with van der Waals surface area (Å²) in [5.41, 5.74) is 0.703. The maximum Gasteiger partial charge on any atom is 0.325 e. The highest BCUT2D eigenvalue weighted by Crippen LogP contribution is 2.17. The summed E-state index contributed by atoms with van der Waals surface area (Å²) in [6, 6.07) is 0. The van der Waals surface area contributed by atoms with Gasteiger partial charge in [-0.2, -0.15) is 5.10 Å². The highest BCUT2D eigenvalue weighted by molar-refractivity contribution is 6.07. The molecule has 0 spiro atoms. The number of nitrogens with zero attached hydrogens (tertiary/aromatic N) is 2. The van der Waals surface area contributed by atoms with Crippen molar-refractivity contribution in [2.24, 2.45) is 11.0 Å². The molecule has 1 unspecified atom stereocenters. The van der Waals surface area contributed by atoms with Gasteiger partial charge in [0.2, 0.25) is 0 Å². The van der Waals surface area contributed by atoms with Crippen LogP contribution in [-0.4, -0.2) is 34.2 Å². The third kappa shape index (κ3) is 1.85. The number of aliphatic carboxylic acids is 1. The van der Waals surface area contributed by atoms with Gasteiger partial charge in [-0.25, -0.2) is 5.01 Å². The fourth-order valence-electron chi connectivity index (χ4n) is 1.38. The summed E-state index contributed by atoms with van der Waals surface area (Å²) >= 11 is 0. The second kappa shape index (κ2) is 3.55. The van der Waals surface area contributed by atoms with E-state index in [4.69, 9.17) is 5.11 Å². The lowest BCUT2D eigenvalue weighted by atomic mass is 10.0. The third-order valence-electron chi connectivity index (χ3n) is 2.03. The minimum Gasteiger partial charge on any atom is -0.480 e. The van der Waals surface area contributed by atoms with Crippen molar-refractivity contribution < 1.29 is 14.7 Å². The van der Waals surface area contributed by atoms with Crippen molar-refractivity contribution in [2.75, 3.05) is 6.54 Å². The number of amides is 1. The van der Waals surface area contributed by atoms with Crippen LogP contribution >= 0.6 is 0 Å². The molecule has 0 aliphatic carbocycles. The Labute approximate surface area is 76.0 Å². The lowest BCUT2D eigenvalue weighted by Crippen LogP contribution is -2.31. The van der Waals surface area contributed by atoms with E-state index in [2.05, 4.69) is 5.10 Å². The van der Waals surface area contributed by atoms with Crippen LogP contribution in [0, 0.1) is 5.92 Å². The van der Waals surface area contributed by atoms with Gasteiger partial charge in [0.25, 0.3) is 5.91 Å². The maximum atomic E-state index is 11.4. The Morgan fingerprint density at radius 2 is 2.31 bits per heavy atom. The van der Waals surface area contributed by atoms with Crippen LogP contribution in [0.25, 0.3) is 0 Å². The lowest BCUT2D eigenvalue weighted by molar-refractivity contribution is -0.144. The van der Waals surface area contributed by atoms with E-state index in [1.165, 1.54) is 0 Å². The van der Waals surface area contributed by atoms with Crippen LogP contribution in [0.5, 0.6) is 0 Å². The molecule has 5 heteroatoms. The monoisotopic (exact) mass is 184 g/mol. The molecular formula is C8H12N2O3. The molecule has 72 valence electrons. The van der Waals surface area contributed by atoms with Crippen molar-refractivity contribution in [2.45, 2.75) is 20.3 Å². The Hall–Kier alpha value is -1.39. The molecule has 1 N–H and O–H groups in total. The largest absolute Gasteiger partial charge is 0.480 e. The predicted octanol–water partition coefficient (Wildman–Crippen LogP) is 0.315. The van der Waals surface area contributed by atoms with E-state index in [9.17, 15) is 9.59 Å². The summed E-state index contributed by atoms with van der Waals surface area (Å²) < 4.78 is 0. The van der Waals surface area contributed by atoms with E-state index in [0.717, 1.165) is 5.01 Å². The van der Waals surface area contributed by atoms with Crippen molar-refractivity contribution in [1.29, 1.82) is 0 Å². The second-order valence-corrected chi connectivity index (χ2v) is 2.99. The van der Waals surface area contributed by atoms with Crippen LogP contribution in [0.1, 0.15) is 20.3 Å². The van der Waals surface area contributed by atoms with Crippen LogP contribution in [0.15, 0.2) is 5.10 Å². The summed E-state index contributed by atoms with van der Waals surface area (Å²) in [7, 11) is 0. The molecule has 1 atom stereocenters. The number of carbonyl (C=O) groups is 2. The Balaban J connectivity index is 2.71. The highest BCUT2D eigenvalue weighted by Gasteiger charge is 2.32. The maximum absolute atomic E-state index is 11.4. The Bertz CT molecular complexity index is 273. The molecule has 1 aliphatic rings. The fraction of sp³-hybridized carbons (Fsp3) is 0.625. The van der Waals surface area contributed by atoms with E-state index in [1.54, 1.807) is 6.92 Å². The molecule has 1 aliphatic heterocycles.